The average molecular weight is 210 g/mol. The number of carbonyl (C=O) groups is 2. The zero-order valence-corrected chi connectivity index (χ0v) is 8.75. The molecular formula is C11H14O4. The number of hydrogen-bond donors (Lipinski definition) is 0. The molecule has 0 aromatic rings. The quantitative estimate of drug-likeness (QED) is 0.218. The molecule has 0 N–H and O–H groups in total. The van der Waals surface area contributed by atoms with Gasteiger partial charge in [0.2, 0.25) is 0 Å². The van der Waals surface area contributed by atoms with Crippen LogP contribution in [0.3, 0.4) is 0 Å². The molecule has 0 saturated carbocycles. The summed E-state index contributed by atoms with van der Waals surface area (Å²) in [6, 6.07) is 0. The van der Waals surface area contributed by atoms with E-state index in [1.807, 2.05) is 0 Å². The van der Waals surface area contributed by atoms with Crippen LogP contribution >= 0.6 is 0 Å². The third-order valence-electron chi connectivity index (χ3n) is 1.33. The maximum absolute atomic E-state index is 11.2. The number of ether oxygens (including phenoxy) is 2. The minimum Gasteiger partial charge on any atom is -0.386 e. The summed E-state index contributed by atoms with van der Waals surface area (Å²) in [5.74, 6) is -1.56. The van der Waals surface area contributed by atoms with Gasteiger partial charge in [0.15, 0.2) is 0 Å². The van der Waals surface area contributed by atoms with Gasteiger partial charge in [-0.15, -0.1) is 6.58 Å². The predicted octanol–water partition coefficient (Wildman–Crippen LogP) is 1.39. The van der Waals surface area contributed by atoms with Gasteiger partial charge in [-0.1, -0.05) is 19.2 Å². The van der Waals surface area contributed by atoms with Crippen LogP contribution in [0.1, 0.15) is 6.92 Å². The highest BCUT2D eigenvalue weighted by Gasteiger charge is 2.14. The molecule has 0 rings (SSSR count). The van der Waals surface area contributed by atoms with Crippen LogP contribution < -0.4 is 0 Å². The maximum atomic E-state index is 11.2. The lowest BCUT2D eigenvalue weighted by Gasteiger charge is -2.05. The Hall–Kier alpha value is -1.68. The predicted molar refractivity (Wildman–Crippen MR) is 56.1 cm³/mol. The normalized spacial score (nSPS) is 9.13. The lowest BCUT2D eigenvalue weighted by molar-refractivity contribution is -0.154. The second kappa shape index (κ2) is 6.73. The summed E-state index contributed by atoms with van der Waals surface area (Å²) >= 11 is 0. The topological polar surface area (TPSA) is 52.6 Å². The van der Waals surface area contributed by atoms with E-state index < -0.39 is 11.9 Å². The highest BCUT2D eigenvalue weighted by molar-refractivity contribution is 6.01. The van der Waals surface area contributed by atoms with Crippen LogP contribution in [0, 0.1) is 0 Å². The molecular weight excluding hydrogens is 196 g/mol. The summed E-state index contributed by atoms with van der Waals surface area (Å²) in [7, 11) is 0. The van der Waals surface area contributed by atoms with Gasteiger partial charge >= 0.3 is 11.9 Å². The van der Waals surface area contributed by atoms with Gasteiger partial charge in [0.1, 0.15) is 0 Å². The van der Waals surface area contributed by atoms with E-state index in [-0.39, 0.29) is 17.8 Å². The first-order chi connectivity index (χ1) is 6.99. The lowest BCUT2D eigenvalue weighted by Crippen LogP contribution is -2.17. The first-order valence-electron chi connectivity index (χ1n) is 4.27. The smallest absolute Gasteiger partial charge is 0.343 e. The molecule has 4 heteroatoms. The number of hydrogen-bond acceptors (Lipinski definition) is 4. The third-order valence-corrected chi connectivity index (χ3v) is 1.33. The van der Waals surface area contributed by atoms with Crippen LogP contribution in [0.25, 0.3) is 0 Å². The average Bonchev–Trinajstić information content (AvgIpc) is 2.17. The molecule has 15 heavy (non-hydrogen) atoms. The van der Waals surface area contributed by atoms with E-state index >= 15 is 0 Å². The summed E-state index contributed by atoms with van der Waals surface area (Å²) in [6.45, 7) is 12.0. The molecule has 82 valence electrons. The fraction of sp³-hybridized carbons (Fsp3) is 0.273. The van der Waals surface area contributed by atoms with Crippen molar-refractivity contribution in [3.8, 4) is 0 Å². The fourth-order valence-corrected chi connectivity index (χ4v) is 0.568. The zero-order valence-electron chi connectivity index (χ0n) is 8.75. The van der Waals surface area contributed by atoms with Crippen molar-refractivity contribution in [3.63, 3.8) is 0 Å². The Labute approximate surface area is 88.9 Å². The molecule has 0 aliphatic heterocycles. The van der Waals surface area contributed by atoms with Crippen molar-refractivity contribution in [3.05, 3.63) is 37.0 Å². The van der Waals surface area contributed by atoms with E-state index in [0.717, 1.165) is 0 Å². The van der Waals surface area contributed by atoms with Gasteiger partial charge in [0.05, 0.1) is 18.8 Å². The molecule has 0 spiro atoms. The Morgan fingerprint density at radius 2 is 1.87 bits per heavy atom. The third kappa shape index (κ3) is 5.59. The van der Waals surface area contributed by atoms with Gasteiger partial charge in [-0.25, -0.2) is 9.59 Å². The van der Waals surface area contributed by atoms with Crippen molar-refractivity contribution >= 4 is 11.9 Å². The van der Waals surface area contributed by atoms with E-state index in [2.05, 4.69) is 24.5 Å². The Balaban J connectivity index is 3.99. The van der Waals surface area contributed by atoms with Gasteiger partial charge in [-0.3, -0.25) is 0 Å². The molecule has 0 amide bonds. The van der Waals surface area contributed by atoms with Crippen LogP contribution in [0.4, 0.5) is 0 Å². The van der Waals surface area contributed by atoms with E-state index in [4.69, 9.17) is 4.74 Å². The lowest BCUT2D eigenvalue weighted by atomic mass is 10.3. The van der Waals surface area contributed by atoms with Gasteiger partial charge < -0.3 is 9.47 Å². The molecule has 0 aliphatic rings. The van der Waals surface area contributed by atoms with Crippen molar-refractivity contribution in [1.29, 1.82) is 0 Å². The molecule has 0 aromatic heterocycles. The van der Waals surface area contributed by atoms with Crippen LogP contribution in [0.2, 0.25) is 0 Å². The van der Waals surface area contributed by atoms with E-state index in [1.165, 1.54) is 13.0 Å². The van der Waals surface area contributed by atoms with Gasteiger partial charge in [-0.2, -0.15) is 0 Å². The van der Waals surface area contributed by atoms with Crippen molar-refractivity contribution in [2.24, 2.45) is 0 Å². The van der Waals surface area contributed by atoms with Crippen molar-refractivity contribution < 1.29 is 19.1 Å². The largest absolute Gasteiger partial charge is 0.386 e. The second-order valence-electron chi connectivity index (χ2n) is 2.86. The second-order valence-corrected chi connectivity index (χ2v) is 2.86. The molecule has 0 fully saturated rings. The SMILES string of the molecule is C=CCOCC(=C)C(=O)OC(=O)C(=C)C. The highest BCUT2D eigenvalue weighted by Crippen LogP contribution is 2.00. The molecule has 0 atom stereocenters. The first kappa shape index (κ1) is 13.3. The number of carbonyl (C=O) groups excluding carboxylic acids is 2. The molecule has 0 radical (unpaired) electrons. The summed E-state index contributed by atoms with van der Waals surface area (Å²) in [5.41, 5.74) is 0.231. The standard InChI is InChI=1S/C11H14O4/c1-5-6-14-7-9(4)11(13)15-10(12)8(2)3/h5H,1-2,4,6-7H2,3H3. The Morgan fingerprint density at radius 1 is 1.27 bits per heavy atom. The van der Waals surface area contributed by atoms with E-state index in [0.29, 0.717) is 6.61 Å². The van der Waals surface area contributed by atoms with Gasteiger partial charge in [0, 0.05) is 5.57 Å². The van der Waals surface area contributed by atoms with Crippen molar-refractivity contribution in [2.45, 2.75) is 6.92 Å². The monoisotopic (exact) mass is 210 g/mol. The number of esters is 2. The van der Waals surface area contributed by atoms with Crippen molar-refractivity contribution in [2.75, 3.05) is 13.2 Å². The van der Waals surface area contributed by atoms with Crippen LogP contribution in [0.5, 0.6) is 0 Å². The molecule has 0 heterocycles. The van der Waals surface area contributed by atoms with E-state index in [9.17, 15) is 9.59 Å². The maximum Gasteiger partial charge on any atom is 0.343 e. The van der Waals surface area contributed by atoms with Crippen LogP contribution in [-0.4, -0.2) is 25.2 Å². The van der Waals surface area contributed by atoms with Crippen molar-refractivity contribution in [1.82, 2.24) is 0 Å². The fourth-order valence-electron chi connectivity index (χ4n) is 0.568. The Bertz CT molecular complexity index is 302. The molecule has 0 aliphatic carbocycles. The molecule has 4 nitrogen and oxygen atoms in total. The summed E-state index contributed by atoms with van der Waals surface area (Å²) < 4.78 is 9.38. The number of rotatable bonds is 6. The molecule has 0 saturated heterocycles. The summed E-state index contributed by atoms with van der Waals surface area (Å²) in [4.78, 5) is 22.1. The highest BCUT2D eigenvalue weighted by atomic mass is 16.6. The molecule has 0 unspecified atom stereocenters. The minimum atomic E-state index is -0.799. The zero-order chi connectivity index (χ0) is 11.8. The Morgan fingerprint density at radius 3 is 2.33 bits per heavy atom. The molecule has 0 bridgehead atoms. The van der Waals surface area contributed by atoms with Crippen LogP contribution in [0.15, 0.2) is 37.0 Å². The Kier molecular flexibility index (Phi) is 5.97. The van der Waals surface area contributed by atoms with Gasteiger partial charge in [-0.05, 0) is 6.92 Å². The summed E-state index contributed by atoms with van der Waals surface area (Å²) in [5, 5.41) is 0. The van der Waals surface area contributed by atoms with Crippen LogP contribution in [-0.2, 0) is 19.1 Å². The first-order valence-corrected chi connectivity index (χ1v) is 4.27. The van der Waals surface area contributed by atoms with Gasteiger partial charge in [0.25, 0.3) is 0 Å². The minimum absolute atomic E-state index is 0.00826. The molecule has 0 aromatic carbocycles. The summed E-state index contributed by atoms with van der Waals surface area (Å²) in [6.07, 6.45) is 1.54. The van der Waals surface area contributed by atoms with E-state index in [1.54, 1.807) is 0 Å².